The van der Waals surface area contributed by atoms with Crippen LogP contribution in [0.15, 0.2) is 18.2 Å². The molecule has 5 heteroatoms. The first-order valence-corrected chi connectivity index (χ1v) is 6.62. The van der Waals surface area contributed by atoms with Gasteiger partial charge in [-0.1, -0.05) is 12.1 Å². The zero-order valence-electron chi connectivity index (χ0n) is 12.7. The summed E-state index contributed by atoms with van der Waals surface area (Å²) in [5.74, 6) is 0.490. The van der Waals surface area contributed by atoms with Gasteiger partial charge in [0.25, 0.3) is 0 Å². The van der Waals surface area contributed by atoms with Crippen LogP contribution in [-0.4, -0.2) is 42.3 Å². The summed E-state index contributed by atoms with van der Waals surface area (Å²) in [5.41, 5.74) is 0.911. The van der Waals surface area contributed by atoms with Crippen molar-refractivity contribution in [2.75, 3.05) is 14.2 Å². The average Bonchev–Trinajstić information content (AvgIpc) is 2.38. The van der Waals surface area contributed by atoms with Crippen molar-refractivity contribution < 1.29 is 19.4 Å². The highest BCUT2D eigenvalue weighted by Gasteiger charge is 2.20. The van der Waals surface area contributed by atoms with Crippen LogP contribution in [0.1, 0.15) is 26.3 Å². The lowest BCUT2D eigenvalue weighted by atomic mass is 10.1. The number of rotatable bonds is 7. The summed E-state index contributed by atoms with van der Waals surface area (Å²) >= 11 is 0. The van der Waals surface area contributed by atoms with Gasteiger partial charge in [-0.2, -0.15) is 0 Å². The number of para-hydroxylation sites is 1. The van der Waals surface area contributed by atoms with Crippen LogP contribution in [0.2, 0.25) is 0 Å². The number of carbonyl (C=O) groups is 1. The third-order valence-electron chi connectivity index (χ3n) is 3.07. The van der Waals surface area contributed by atoms with Crippen LogP contribution in [0, 0.1) is 0 Å². The minimum atomic E-state index is -0.846. The number of likely N-dealkylation sites (N-methyl/N-ethyl adjacent to an activating group) is 1. The number of ether oxygens (including phenoxy) is 2. The summed E-state index contributed by atoms with van der Waals surface area (Å²) in [7, 11) is 3.37. The highest BCUT2D eigenvalue weighted by atomic mass is 16.5. The van der Waals surface area contributed by atoms with E-state index in [-0.39, 0.29) is 6.10 Å². The number of carboxylic acid groups (broad SMARTS) is 1. The van der Waals surface area contributed by atoms with E-state index < -0.39 is 12.0 Å². The zero-order chi connectivity index (χ0) is 15.3. The predicted octanol–water partition coefficient (Wildman–Crippen LogP) is 2.39. The number of aliphatic carboxylic acids is 1. The smallest absolute Gasteiger partial charge is 0.320 e. The highest BCUT2D eigenvalue weighted by Crippen LogP contribution is 2.32. The van der Waals surface area contributed by atoms with Crippen molar-refractivity contribution in [3.63, 3.8) is 0 Å². The molecule has 0 heterocycles. The molecule has 1 unspecified atom stereocenters. The lowest BCUT2D eigenvalue weighted by Crippen LogP contribution is -2.35. The van der Waals surface area contributed by atoms with E-state index in [0.29, 0.717) is 18.0 Å². The molecule has 0 aliphatic rings. The molecule has 5 nitrogen and oxygen atoms in total. The Bertz CT molecular complexity index is 459. The Morgan fingerprint density at radius 3 is 2.50 bits per heavy atom. The summed E-state index contributed by atoms with van der Waals surface area (Å²) < 4.78 is 11.1. The van der Waals surface area contributed by atoms with Gasteiger partial charge < -0.3 is 14.6 Å². The van der Waals surface area contributed by atoms with Gasteiger partial charge in [-0.05, 0) is 33.9 Å². The Balaban J connectivity index is 3.01. The Labute approximate surface area is 120 Å². The number of benzene rings is 1. The standard InChI is InChI=1S/C15H23NO4/c1-10(2)20-14-12(7-6-8-13(14)19-5)9-16(4)11(3)15(17)18/h6-8,10-11H,9H2,1-5H3,(H,17,18). The summed E-state index contributed by atoms with van der Waals surface area (Å²) in [5, 5.41) is 9.05. The quantitative estimate of drug-likeness (QED) is 0.831. The minimum Gasteiger partial charge on any atom is -0.493 e. The maximum Gasteiger partial charge on any atom is 0.320 e. The van der Waals surface area contributed by atoms with Crippen molar-refractivity contribution in [2.45, 2.75) is 39.5 Å². The second kappa shape index (κ2) is 7.14. The Morgan fingerprint density at radius 2 is 2.00 bits per heavy atom. The minimum absolute atomic E-state index is 0.0206. The molecule has 1 N–H and O–H groups in total. The molecule has 0 spiro atoms. The van der Waals surface area contributed by atoms with Gasteiger partial charge in [0.15, 0.2) is 11.5 Å². The van der Waals surface area contributed by atoms with Crippen LogP contribution in [0.25, 0.3) is 0 Å². The fourth-order valence-electron chi connectivity index (χ4n) is 1.81. The van der Waals surface area contributed by atoms with E-state index in [1.807, 2.05) is 32.0 Å². The Kier molecular flexibility index (Phi) is 5.82. The first-order valence-electron chi connectivity index (χ1n) is 6.62. The van der Waals surface area contributed by atoms with Crippen LogP contribution in [0.5, 0.6) is 11.5 Å². The molecule has 0 aliphatic carbocycles. The molecule has 0 fully saturated rings. The Hall–Kier alpha value is -1.75. The van der Waals surface area contributed by atoms with Crippen molar-refractivity contribution in [1.82, 2.24) is 4.90 Å². The van der Waals surface area contributed by atoms with Gasteiger partial charge in [-0.25, -0.2) is 0 Å². The third-order valence-corrected chi connectivity index (χ3v) is 3.07. The molecule has 0 saturated heterocycles. The van der Waals surface area contributed by atoms with E-state index in [0.717, 1.165) is 5.56 Å². The molecular weight excluding hydrogens is 258 g/mol. The monoisotopic (exact) mass is 281 g/mol. The van der Waals surface area contributed by atoms with Gasteiger partial charge in [0.1, 0.15) is 6.04 Å². The van der Waals surface area contributed by atoms with E-state index in [1.165, 1.54) is 0 Å². The van der Waals surface area contributed by atoms with Crippen molar-refractivity contribution in [3.05, 3.63) is 23.8 Å². The van der Waals surface area contributed by atoms with Crippen LogP contribution in [0.4, 0.5) is 0 Å². The number of hydrogen-bond donors (Lipinski definition) is 1. The van der Waals surface area contributed by atoms with E-state index >= 15 is 0 Å². The van der Waals surface area contributed by atoms with E-state index in [4.69, 9.17) is 14.6 Å². The van der Waals surface area contributed by atoms with E-state index in [2.05, 4.69) is 0 Å². The molecule has 1 atom stereocenters. The van der Waals surface area contributed by atoms with Gasteiger partial charge in [0.2, 0.25) is 0 Å². The van der Waals surface area contributed by atoms with Crippen LogP contribution in [0.3, 0.4) is 0 Å². The van der Waals surface area contributed by atoms with Gasteiger partial charge >= 0.3 is 5.97 Å². The molecule has 1 aromatic rings. The Morgan fingerprint density at radius 1 is 1.35 bits per heavy atom. The SMILES string of the molecule is COc1cccc(CN(C)C(C)C(=O)O)c1OC(C)C. The van der Waals surface area contributed by atoms with E-state index in [9.17, 15) is 4.79 Å². The molecule has 1 rings (SSSR count). The molecule has 0 radical (unpaired) electrons. The maximum absolute atomic E-state index is 11.0. The largest absolute Gasteiger partial charge is 0.493 e. The van der Waals surface area contributed by atoms with Gasteiger partial charge in [0, 0.05) is 12.1 Å². The molecule has 0 saturated carbocycles. The summed E-state index contributed by atoms with van der Waals surface area (Å²) in [4.78, 5) is 12.8. The lowest BCUT2D eigenvalue weighted by Gasteiger charge is -2.24. The third kappa shape index (κ3) is 4.13. The summed E-state index contributed by atoms with van der Waals surface area (Å²) in [6.07, 6.45) is 0.0206. The molecule has 1 aromatic carbocycles. The van der Waals surface area contributed by atoms with Crippen molar-refractivity contribution >= 4 is 5.97 Å². The molecule has 20 heavy (non-hydrogen) atoms. The van der Waals surface area contributed by atoms with Crippen molar-refractivity contribution in [2.24, 2.45) is 0 Å². The maximum atomic E-state index is 11.0. The molecule has 0 bridgehead atoms. The first-order chi connectivity index (χ1) is 9.36. The molecule has 0 amide bonds. The number of hydrogen-bond acceptors (Lipinski definition) is 4. The molecular formula is C15H23NO4. The second-order valence-electron chi connectivity index (χ2n) is 5.04. The van der Waals surface area contributed by atoms with Crippen molar-refractivity contribution in [1.29, 1.82) is 0 Å². The van der Waals surface area contributed by atoms with Crippen LogP contribution < -0.4 is 9.47 Å². The predicted molar refractivity (Wildman–Crippen MR) is 77.3 cm³/mol. The van der Waals surface area contributed by atoms with Crippen LogP contribution >= 0.6 is 0 Å². The molecule has 0 aliphatic heterocycles. The van der Waals surface area contributed by atoms with Gasteiger partial charge in [-0.3, -0.25) is 9.69 Å². The molecule has 112 valence electrons. The van der Waals surface area contributed by atoms with E-state index in [1.54, 1.807) is 26.0 Å². The summed E-state index contributed by atoms with van der Waals surface area (Å²) in [6.45, 7) is 6.03. The second-order valence-corrected chi connectivity index (χ2v) is 5.04. The van der Waals surface area contributed by atoms with Gasteiger partial charge in [0.05, 0.1) is 13.2 Å². The molecule has 0 aromatic heterocycles. The normalized spacial score (nSPS) is 12.6. The van der Waals surface area contributed by atoms with Crippen molar-refractivity contribution in [3.8, 4) is 11.5 Å². The highest BCUT2D eigenvalue weighted by molar-refractivity contribution is 5.72. The topological polar surface area (TPSA) is 59.0 Å². The van der Waals surface area contributed by atoms with Crippen LogP contribution in [-0.2, 0) is 11.3 Å². The average molecular weight is 281 g/mol. The number of carboxylic acids is 1. The first kappa shape index (κ1) is 16.3. The summed E-state index contributed by atoms with van der Waals surface area (Å²) in [6, 6.07) is 5.07. The zero-order valence-corrected chi connectivity index (χ0v) is 12.7. The fraction of sp³-hybridized carbons (Fsp3) is 0.533. The van der Waals surface area contributed by atoms with Gasteiger partial charge in [-0.15, -0.1) is 0 Å². The number of methoxy groups -OCH3 is 1. The lowest BCUT2D eigenvalue weighted by molar-refractivity contribution is -0.142. The fourth-order valence-corrected chi connectivity index (χ4v) is 1.81. The number of nitrogens with zero attached hydrogens (tertiary/aromatic N) is 1.